The van der Waals surface area contributed by atoms with Gasteiger partial charge in [-0.05, 0) is 43.3 Å². The summed E-state index contributed by atoms with van der Waals surface area (Å²) >= 11 is 1.39. The van der Waals surface area contributed by atoms with Crippen LogP contribution in [0.1, 0.15) is 16.1 Å². The van der Waals surface area contributed by atoms with Gasteiger partial charge in [0.25, 0.3) is 0 Å². The molecule has 0 spiro atoms. The third-order valence-corrected chi connectivity index (χ3v) is 3.43. The summed E-state index contributed by atoms with van der Waals surface area (Å²) in [5, 5.41) is 0. The van der Waals surface area contributed by atoms with Gasteiger partial charge in [0.15, 0.2) is 5.78 Å². The van der Waals surface area contributed by atoms with Crippen LogP contribution >= 0.6 is 11.8 Å². The number of ketones is 1. The number of hydrogen-bond donors (Lipinski definition) is 0. The minimum absolute atomic E-state index is 0.0248. The molecule has 0 N–H and O–H groups in total. The van der Waals surface area contributed by atoms with Crippen molar-refractivity contribution in [3.8, 4) is 0 Å². The third-order valence-electron chi connectivity index (χ3n) is 2.42. The third kappa shape index (κ3) is 3.40. The first-order valence-corrected chi connectivity index (χ1v) is 6.48. The summed E-state index contributed by atoms with van der Waals surface area (Å²) in [6, 6.07) is 9.70. The van der Waals surface area contributed by atoms with Gasteiger partial charge in [-0.1, -0.05) is 0 Å². The van der Waals surface area contributed by atoms with Gasteiger partial charge in [-0.3, -0.25) is 9.78 Å². The van der Waals surface area contributed by atoms with Gasteiger partial charge >= 0.3 is 0 Å². The van der Waals surface area contributed by atoms with Crippen LogP contribution in [-0.4, -0.2) is 16.5 Å². The highest BCUT2D eigenvalue weighted by Gasteiger charge is 2.06. The van der Waals surface area contributed by atoms with Gasteiger partial charge in [-0.25, -0.2) is 4.39 Å². The maximum absolute atomic E-state index is 12.7. The molecule has 2 aromatic rings. The minimum Gasteiger partial charge on any atom is -0.293 e. The highest BCUT2D eigenvalue weighted by molar-refractivity contribution is 8.00. The Labute approximate surface area is 109 Å². The van der Waals surface area contributed by atoms with Crippen LogP contribution in [0.15, 0.2) is 47.5 Å². The monoisotopic (exact) mass is 261 g/mol. The van der Waals surface area contributed by atoms with Crippen molar-refractivity contribution in [2.24, 2.45) is 0 Å². The van der Waals surface area contributed by atoms with Gasteiger partial charge in [0.05, 0.1) is 5.75 Å². The number of halogens is 1. The molecule has 0 atom stereocenters. The molecule has 0 radical (unpaired) electrons. The average Bonchev–Trinajstić information content (AvgIpc) is 2.38. The van der Waals surface area contributed by atoms with Gasteiger partial charge in [-0.2, -0.15) is 0 Å². The molecule has 0 saturated heterocycles. The van der Waals surface area contributed by atoms with Crippen molar-refractivity contribution in [3.63, 3.8) is 0 Å². The number of aryl methyl sites for hydroxylation is 1. The Balaban J connectivity index is 1.96. The van der Waals surface area contributed by atoms with E-state index in [1.54, 1.807) is 24.4 Å². The first-order chi connectivity index (χ1) is 8.65. The standard InChI is InChI=1S/C14H12FNOS/c1-10-2-3-11(8-16-10)14(17)9-18-13-6-4-12(15)5-7-13/h2-8H,9H2,1H3. The summed E-state index contributed by atoms with van der Waals surface area (Å²) < 4.78 is 12.7. The van der Waals surface area contributed by atoms with Crippen molar-refractivity contribution in [2.75, 3.05) is 5.75 Å². The predicted molar refractivity (Wildman–Crippen MR) is 70.4 cm³/mol. The molecular formula is C14H12FNOS. The first-order valence-electron chi connectivity index (χ1n) is 5.49. The number of carbonyl (C=O) groups excluding carboxylic acids is 1. The van der Waals surface area contributed by atoms with Crippen molar-refractivity contribution in [2.45, 2.75) is 11.8 Å². The Kier molecular flexibility index (Phi) is 4.10. The molecule has 0 unspecified atom stereocenters. The molecule has 0 aliphatic rings. The van der Waals surface area contributed by atoms with Crippen LogP contribution < -0.4 is 0 Å². The topological polar surface area (TPSA) is 30.0 Å². The molecular weight excluding hydrogens is 249 g/mol. The lowest BCUT2D eigenvalue weighted by molar-refractivity contribution is 0.102. The Morgan fingerprint density at radius 3 is 2.56 bits per heavy atom. The average molecular weight is 261 g/mol. The van der Waals surface area contributed by atoms with Crippen molar-refractivity contribution >= 4 is 17.5 Å². The number of rotatable bonds is 4. The zero-order valence-electron chi connectivity index (χ0n) is 9.89. The van der Waals surface area contributed by atoms with E-state index in [1.165, 1.54) is 23.9 Å². The van der Waals surface area contributed by atoms with Crippen LogP contribution in [0.25, 0.3) is 0 Å². The van der Waals surface area contributed by atoms with E-state index >= 15 is 0 Å². The second kappa shape index (κ2) is 5.78. The normalized spacial score (nSPS) is 10.3. The fraction of sp³-hybridized carbons (Fsp3) is 0.143. The van der Waals surface area contributed by atoms with Crippen molar-refractivity contribution in [1.29, 1.82) is 0 Å². The van der Waals surface area contributed by atoms with Crippen LogP contribution in [-0.2, 0) is 0 Å². The molecule has 1 heterocycles. The second-order valence-corrected chi connectivity index (χ2v) is 4.90. The summed E-state index contributed by atoms with van der Waals surface area (Å²) in [6.45, 7) is 1.88. The Hall–Kier alpha value is -1.68. The molecule has 2 rings (SSSR count). The molecule has 1 aromatic carbocycles. The van der Waals surface area contributed by atoms with Crippen molar-refractivity contribution < 1.29 is 9.18 Å². The molecule has 0 aliphatic heterocycles. The number of hydrogen-bond acceptors (Lipinski definition) is 3. The van der Waals surface area contributed by atoms with E-state index in [0.29, 0.717) is 11.3 Å². The molecule has 1 aromatic heterocycles. The van der Waals surface area contributed by atoms with Crippen molar-refractivity contribution in [1.82, 2.24) is 4.98 Å². The smallest absolute Gasteiger partial charge is 0.174 e. The van der Waals surface area contributed by atoms with Crippen LogP contribution in [0.5, 0.6) is 0 Å². The first kappa shape index (κ1) is 12.8. The number of nitrogens with zero attached hydrogens (tertiary/aromatic N) is 1. The Morgan fingerprint density at radius 1 is 1.22 bits per heavy atom. The van der Waals surface area contributed by atoms with Gasteiger partial charge < -0.3 is 0 Å². The van der Waals surface area contributed by atoms with Crippen LogP contribution in [0.2, 0.25) is 0 Å². The van der Waals surface area contributed by atoms with E-state index in [9.17, 15) is 9.18 Å². The van der Waals surface area contributed by atoms with E-state index in [4.69, 9.17) is 0 Å². The predicted octanol–water partition coefficient (Wildman–Crippen LogP) is 3.50. The molecule has 18 heavy (non-hydrogen) atoms. The maximum atomic E-state index is 12.7. The van der Waals surface area contributed by atoms with E-state index in [0.717, 1.165) is 10.6 Å². The number of aromatic nitrogens is 1. The largest absolute Gasteiger partial charge is 0.293 e. The fourth-order valence-electron chi connectivity index (χ4n) is 1.40. The van der Waals surface area contributed by atoms with Gasteiger partial charge in [0.1, 0.15) is 5.82 Å². The number of Topliss-reactive ketones (excluding diaryl/α,β-unsaturated/α-hetero) is 1. The number of carbonyl (C=O) groups is 1. The van der Waals surface area contributed by atoms with Crippen molar-refractivity contribution in [3.05, 3.63) is 59.7 Å². The summed E-state index contributed by atoms with van der Waals surface area (Å²) in [7, 11) is 0. The van der Waals surface area contributed by atoms with E-state index in [1.807, 2.05) is 13.0 Å². The SMILES string of the molecule is Cc1ccc(C(=O)CSc2ccc(F)cc2)cn1. The zero-order chi connectivity index (χ0) is 13.0. The highest BCUT2D eigenvalue weighted by Crippen LogP contribution is 2.19. The molecule has 2 nitrogen and oxygen atoms in total. The summed E-state index contributed by atoms with van der Waals surface area (Å²) in [6.07, 6.45) is 1.59. The molecule has 0 aliphatic carbocycles. The molecule has 0 fully saturated rings. The van der Waals surface area contributed by atoms with Crippen LogP contribution in [0.3, 0.4) is 0 Å². The lowest BCUT2D eigenvalue weighted by Gasteiger charge is -2.02. The van der Waals surface area contributed by atoms with E-state index in [2.05, 4.69) is 4.98 Å². The highest BCUT2D eigenvalue weighted by atomic mass is 32.2. The molecule has 92 valence electrons. The number of thioether (sulfide) groups is 1. The lowest BCUT2D eigenvalue weighted by Crippen LogP contribution is -2.03. The Bertz CT molecular complexity index is 537. The summed E-state index contributed by atoms with van der Waals surface area (Å²) in [4.78, 5) is 16.8. The number of benzene rings is 1. The maximum Gasteiger partial charge on any atom is 0.174 e. The molecule has 0 amide bonds. The lowest BCUT2D eigenvalue weighted by atomic mass is 10.2. The van der Waals surface area contributed by atoms with Crippen LogP contribution in [0.4, 0.5) is 4.39 Å². The minimum atomic E-state index is -0.270. The van der Waals surface area contributed by atoms with E-state index in [-0.39, 0.29) is 11.6 Å². The quantitative estimate of drug-likeness (QED) is 0.623. The van der Waals surface area contributed by atoms with Crippen LogP contribution in [0, 0.1) is 12.7 Å². The molecule has 0 saturated carbocycles. The molecule has 4 heteroatoms. The number of pyridine rings is 1. The summed E-state index contributed by atoms with van der Waals surface area (Å²) in [5.41, 5.74) is 1.49. The fourth-order valence-corrected chi connectivity index (χ4v) is 2.19. The molecule has 0 bridgehead atoms. The zero-order valence-corrected chi connectivity index (χ0v) is 10.7. The van der Waals surface area contributed by atoms with Gasteiger partial charge in [-0.15, -0.1) is 11.8 Å². The Morgan fingerprint density at radius 2 is 1.94 bits per heavy atom. The second-order valence-electron chi connectivity index (χ2n) is 3.85. The van der Waals surface area contributed by atoms with Gasteiger partial charge in [0, 0.05) is 22.3 Å². The van der Waals surface area contributed by atoms with E-state index < -0.39 is 0 Å². The van der Waals surface area contributed by atoms with Gasteiger partial charge in [0.2, 0.25) is 0 Å². The summed E-state index contributed by atoms with van der Waals surface area (Å²) in [5.74, 6) is 0.0846.